The number of carbonyl (C=O) groups is 2. The minimum absolute atomic E-state index is 0.165. The highest BCUT2D eigenvalue weighted by molar-refractivity contribution is 6.34. The number of carbonyl (C=O) groups excluding carboxylic acids is 2. The molecule has 0 radical (unpaired) electrons. The molecule has 0 atom stereocenters. The summed E-state index contributed by atoms with van der Waals surface area (Å²) in [5.41, 5.74) is 0.344. The zero-order valence-corrected chi connectivity index (χ0v) is 8.49. The SMILES string of the molecule is COC(=O)C(=O)Cc1cc(F)ccc1C#N. The number of rotatable bonds is 3. The fraction of sp³-hybridized carbons (Fsp3) is 0.182. The van der Waals surface area contributed by atoms with Gasteiger partial charge in [0.15, 0.2) is 0 Å². The number of ketones is 1. The third-order valence-electron chi connectivity index (χ3n) is 1.95. The maximum absolute atomic E-state index is 12.9. The fourth-order valence-electron chi connectivity index (χ4n) is 1.18. The molecule has 1 aromatic carbocycles. The molecule has 1 aromatic rings. The van der Waals surface area contributed by atoms with E-state index in [4.69, 9.17) is 5.26 Å². The van der Waals surface area contributed by atoms with E-state index in [2.05, 4.69) is 4.74 Å². The van der Waals surface area contributed by atoms with E-state index in [1.165, 1.54) is 6.07 Å². The molecule has 0 aliphatic carbocycles. The highest BCUT2D eigenvalue weighted by Crippen LogP contribution is 2.11. The number of benzene rings is 1. The summed E-state index contributed by atoms with van der Waals surface area (Å²) in [6, 6.07) is 5.24. The topological polar surface area (TPSA) is 67.2 Å². The molecule has 82 valence electrons. The van der Waals surface area contributed by atoms with Crippen LogP contribution in [0.1, 0.15) is 11.1 Å². The van der Waals surface area contributed by atoms with Gasteiger partial charge in [-0.15, -0.1) is 0 Å². The van der Waals surface area contributed by atoms with Gasteiger partial charge >= 0.3 is 5.97 Å². The maximum atomic E-state index is 12.9. The van der Waals surface area contributed by atoms with Crippen molar-refractivity contribution in [3.05, 3.63) is 35.1 Å². The Labute approximate surface area is 91.3 Å². The fourth-order valence-corrected chi connectivity index (χ4v) is 1.18. The third kappa shape index (κ3) is 2.64. The highest BCUT2D eigenvalue weighted by atomic mass is 19.1. The maximum Gasteiger partial charge on any atom is 0.374 e. The number of ether oxygens (including phenoxy) is 1. The standard InChI is InChI=1S/C11H8FNO3/c1-16-11(15)10(14)5-8-4-9(12)3-2-7(8)6-13/h2-4H,5H2,1H3. The lowest BCUT2D eigenvalue weighted by atomic mass is 10.0. The number of Topliss-reactive ketones (excluding diaryl/α,β-unsaturated/α-hetero) is 1. The highest BCUT2D eigenvalue weighted by Gasteiger charge is 2.16. The van der Waals surface area contributed by atoms with E-state index >= 15 is 0 Å². The van der Waals surface area contributed by atoms with E-state index in [0.29, 0.717) is 0 Å². The van der Waals surface area contributed by atoms with Crippen LogP contribution in [-0.2, 0) is 20.7 Å². The first kappa shape index (κ1) is 11.9. The van der Waals surface area contributed by atoms with Gasteiger partial charge in [-0.1, -0.05) is 0 Å². The molecule has 16 heavy (non-hydrogen) atoms. The number of hydrogen-bond acceptors (Lipinski definition) is 4. The second-order valence-electron chi connectivity index (χ2n) is 3.00. The lowest BCUT2D eigenvalue weighted by Crippen LogP contribution is -2.18. The number of nitriles is 1. The molecular formula is C11H8FNO3. The number of hydrogen-bond donors (Lipinski definition) is 0. The summed E-state index contributed by atoms with van der Waals surface area (Å²) in [7, 11) is 1.08. The molecule has 0 fully saturated rings. The summed E-state index contributed by atoms with van der Waals surface area (Å²) in [6.45, 7) is 0. The number of esters is 1. The summed E-state index contributed by atoms with van der Waals surface area (Å²) in [5.74, 6) is -2.38. The van der Waals surface area contributed by atoms with Crippen molar-refractivity contribution in [1.29, 1.82) is 5.26 Å². The van der Waals surface area contributed by atoms with Gasteiger partial charge in [-0.2, -0.15) is 5.26 Å². The van der Waals surface area contributed by atoms with E-state index < -0.39 is 17.6 Å². The van der Waals surface area contributed by atoms with Gasteiger partial charge in [-0.25, -0.2) is 9.18 Å². The monoisotopic (exact) mass is 221 g/mol. The van der Waals surface area contributed by atoms with Crippen LogP contribution in [0.4, 0.5) is 4.39 Å². The zero-order chi connectivity index (χ0) is 12.1. The molecule has 0 heterocycles. The van der Waals surface area contributed by atoms with Crippen molar-refractivity contribution in [2.24, 2.45) is 0 Å². The summed E-state index contributed by atoms with van der Waals surface area (Å²) in [4.78, 5) is 22.1. The molecular weight excluding hydrogens is 213 g/mol. The van der Waals surface area contributed by atoms with Crippen molar-refractivity contribution in [3.8, 4) is 6.07 Å². The van der Waals surface area contributed by atoms with E-state index in [9.17, 15) is 14.0 Å². The van der Waals surface area contributed by atoms with Gasteiger partial charge in [0.05, 0.1) is 18.7 Å². The van der Waals surface area contributed by atoms with Crippen LogP contribution in [0.2, 0.25) is 0 Å². The van der Waals surface area contributed by atoms with Crippen molar-refractivity contribution in [3.63, 3.8) is 0 Å². The summed E-state index contributed by atoms with van der Waals surface area (Å²) in [6.07, 6.45) is -0.340. The van der Waals surface area contributed by atoms with Gasteiger partial charge < -0.3 is 4.74 Å². The molecule has 0 aliphatic rings. The molecule has 4 nitrogen and oxygen atoms in total. The first-order valence-corrected chi connectivity index (χ1v) is 4.38. The van der Waals surface area contributed by atoms with E-state index in [0.717, 1.165) is 19.2 Å². The molecule has 5 heteroatoms. The quantitative estimate of drug-likeness (QED) is 0.563. The van der Waals surface area contributed by atoms with Crippen LogP contribution in [0.5, 0.6) is 0 Å². The molecule has 0 bridgehead atoms. The number of halogens is 1. The van der Waals surface area contributed by atoms with Crippen molar-refractivity contribution in [2.75, 3.05) is 7.11 Å². The third-order valence-corrected chi connectivity index (χ3v) is 1.95. The molecule has 0 spiro atoms. The average Bonchev–Trinajstić information content (AvgIpc) is 2.28. The second-order valence-corrected chi connectivity index (χ2v) is 3.00. The predicted molar refractivity (Wildman–Crippen MR) is 51.8 cm³/mol. The predicted octanol–water partition coefficient (Wildman–Crippen LogP) is 0.982. The van der Waals surface area contributed by atoms with Crippen molar-refractivity contribution in [2.45, 2.75) is 6.42 Å². The first-order chi connectivity index (χ1) is 7.58. The van der Waals surface area contributed by atoms with Crippen LogP contribution >= 0.6 is 0 Å². The Morgan fingerprint density at radius 3 is 2.75 bits per heavy atom. The van der Waals surface area contributed by atoms with Gasteiger partial charge in [-0.05, 0) is 23.8 Å². The van der Waals surface area contributed by atoms with Crippen LogP contribution in [-0.4, -0.2) is 18.9 Å². The van der Waals surface area contributed by atoms with Crippen LogP contribution in [0, 0.1) is 17.1 Å². The molecule has 0 amide bonds. The average molecular weight is 221 g/mol. The smallest absolute Gasteiger partial charge is 0.374 e. The summed E-state index contributed by atoms with van der Waals surface area (Å²) in [5, 5.41) is 8.72. The van der Waals surface area contributed by atoms with Crippen LogP contribution in [0.15, 0.2) is 18.2 Å². The largest absolute Gasteiger partial charge is 0.463 e. The Morgan fingerprint density at radius 1 is 1.50 bits per heavy atom. The zero-order valence-electron chi connectivity index (χ0n) is 8.49. The molecule has 1 rings (SSSR count). The molecule has 0 saturated carbocycles. The van der Waals surface area contributed by atoms with Crippen molar-refractivity contribution >= 4 is 11.8 Å². The van der Waals surface area contributed by atoms with Crippen molar-refractivity contribution in [1.82, 2.24) is 0 Å². The van der Waals surface area contributed by atoms with Gasteiger partial charge in [0, 0.05) is 6.42 Å². The lowest BCUT2D eigenvalue weighted by molar-refractivity contribution is -0.151. The second kappa shape index (κ2) is 5.03. The van der Waals surface area contributed by atoms with Gasteiger partial charge in [0.25, 0.3) is 0 Å². The molecule has 0 unspecified atom stereocenters. The minimum atomic E-state index is -1.01. The van der Waals surface area contributed by atoms with Crippen molar-refractivity contribution < 1.29 is 18.7 Å². The van der Waals surface area contributed by atoms with Gasteiger partial charge in [0.1, 0.15) is 5.82 Å². The van der Waals surface area contributed by atoms with E-state index in [1.807, 2.05) is 6.07 Å². The normalized spacial score (nSPS) is 9.31. The molecule has 0 N–H and O–H groups in total. The van der Waals surface area contributed by atoms with Gasteiger partial charge in [-0.3, -0.25) is 4.79 Å². The lowest BCUT2D eigenvalue weighted by Gasteiger charge is -2.02. The van der Waals surface area contributed by atoms with Crippen LogP contribution in [0.3, 0.4) is 0 Å². The minimum Gasteiger partial charge on any atom is -0.463 e. The molecule has 0 aliphatic heterocycles. The van der Waals surface area contributed by atoms with Gasteiger partial charge in [0.2, 0.25) is 5.78 Å². The molecule has 0 aromatic heterocycles. The Morgan fingerprint density at radius 2 is 2.19 bits per heavy atom. The van der Waals surface area contributed by atoms with E-state index in [1.54, 1.807) is 0 Å². The Balaban J connectivity index is 2.97. The van der Waals surface area contributed by atoms with Crippen LogP contribution < -0.4 is 0 Å². The Bertz CT molecular complexity index is 477. The number of methoxy groups -OCH3 is 1. The Hall–Kier alpha value is -2.22. The first-order valence-electron chi connectivity index (χ1n) is 4.38. The van der Waals surface area contributed by atoms with E-state index in [-0.39, 0.29) is 17.5 Å². The van der Waals surface area contributed by atoms with Crippen LogP contribution in [0.25, 0.3) is 0 Å². The summed E-state index contributed by atoms with van der Waals surface area (Å²) < 4.78 is 17.1. The number of nitrogens with zero attached hydrogens (tertiary/aromatic N) is 1. The summed E-state index contributed by atoms with van der Waals surface area (Å²) >= 11 is 0. The molecule has 0 saturated heterocycles. The Kier molecular flexibility index (Phi) is 3.72.